The lowest BCUT2D eigenvalue weighted by Crippen LogP contribution is -2.46. The first-order chi connectivity index (χ1) is 31.5. The third-order valence-corrected chi connectivity index (χ3v) is 13.6. The van der Waals surface area contributed by atoms with Crippen molar-refractivity contribution in [1.29, 1.82) is 0 Å². The SMILES string of the molecule is CCCCCCCCCCC/C=C/CCCCCC(CC(=O)NC(CO)C(O)CCCCCCCCCCCCCC)OC(=O)CCCCCCCCCCCCCCCCCCC. The van der Waals surface area contributed by atoms with Crippen LogP contribution in [0.15, 0.2) is 12.2 Å². The molecule has 0 saturated carbocycles. The van der Waals surface area contributed by atoms with E-state index in [9.17, 15) is 19.8 Å². The number of esters is 1. The molecule has 0 aliphatic rings. The Morgan fingerprint density at radius 2 is 0.750 bits per heavy atom. The maximum Gasteiger partial charge on any atom is 0.306 e. The molecule has 3 unspecified atom stereocenters. The molecule has 0 aliphatic heterocycles. The largest absolute Gasteiger partial charge is 0.462 e. The van der Waals surface area contributed by atoms with Crippen LogP contribution in [0.2, 0.25) is 0 Å². The van der Waals surface area contributed by atoms with Gasteiger partial charge in [0, 0.05) is 6.42 Å². The summed E-state index contributed by atoms with van der Waals surface area (Å²) < 4.78 is 5.96. The van der Waals surface area contributed by atoms with E-state index in [1.807, 2.05) is 0 Å². The second-order valence-corrected chi connectivity index (χ2v) is 20.1. The summed E-state index contributed by atoms with van der Waals surface area (Å²) in [5.74, 6) is -0.466. The Kier molecular flexibility index (Phi) is 51.4. The van der Waals surface area contributed by atoms with Crippen LogP contribution < -0.4 is 5.32 Å². The minimum absolute atomic E-state index is 0.0747. The summed E-state index contributed by atoms with van der Waals surface area (Å²) in [6.45, 7) is 6.52. The van der Waals surface area contributed by atoms with Gasteiger partial charge in [-0.3, -0.25) is 9.59 Å². The fourth-order valence-electron chi connectivity index (χ4n) is 9.19. The van der Waals surface area contributed by atoms with Crippen LogP contribution in [0.25, 0.3) is 0 Å². The summed E-state index contributed by atoms with van der Waals surface area (Å²) in [5.41, 5.74) is 0. The lowest BCUT2D eigenvalue weighted by atomic mass is 10.0. The van der Waals surface area contributed by atoms with Crippen molar-refractivity contribution in [1.82, 2.24) is 5.32 Å². The van der Waals surface area contributed by atoms with Crippen molar-refractivity contribution in [2.75, 3.05) is 6.61 Å². The fourth-order valence-corrected chi connectivity index (χ4v) is 9.19. The Balaban J connectivity index is 4.53. The van der Waals surface area contributed by atoms with Crippen molar-refractivity contribution >= 4 is 11.9 Å². The molecule has 64 heavy (non-hydrogen) atoms. The van der Waals surface area contributed by atoms with Gasteiger partial charge in [-0.25, -0.2) is 0 Å². The molecule has 3 atom stereocenters. The summed E-state index contributed by atoms with van der Waals surface area (Å²) in [5, 5.41) is 23.8. The number of unbranched alkanes of at least 4 members (excludes halogenated alkanes) is 39. The molecule has 3 N–H and O–H groups in total. The number of hydrogen-bond donors (Lipinski definition) is 3. The Hall–Kier alpha value is -1.40. The van der Waals surface area contributed by atoms with Gasteiger partial charge in [0.1, 0.15) is 6.10 Å². The highest BCUT2D eigenvalue weighted by atomic mass is 16.5. The monoisotopic (exact) mass is 904 g/mol. The van der Waals surface area contributed by atoms with Crippen molar-refractivity contribution < 1.29 is 24.5 Å². The molecule has 1 amide bonds. The number of aliphatic hydroxyl groups is 2. The van der Waals surface area contributed by atoms with Crippen molar-refractivity contribution in [3.8, 4) is 0 Å². The van der Waals surface area contributed by atoms with Gasteiger partial charge in [-0.1, -0.05) is 270 Å². The summed E-state index contributed by atoms with van der Waals surface area (Å²) in [6, 6.07) is -0.700. The minimum Gasteiger partial charge on any atom is -0.462 e. The first-order valence-corrected chi connectivity index (χ1v) is 28.9. The first kappa shape index (κ1) is 62.6. The molecule has 0 rings (SSSR count). The molecular weight excluding hydrogens is 791 g/mol. The van der Waals surface area contributed by atoms with Crippen LogP contribution in [0.4, 0.5) is 0 Å². The van der Waals surface area contributed by atoms with Gasteiger partial charge in [-0.2, -0.15) is 0 Å². The highest BCUT2D eigenvalue weighted by molar-refractivity contribution is 5.77. The van der Waals surface area contributed by atoms with Gasteiger partial charge in [0.2, 0.25) is 5.91 Å². The van der Waals surface area contributed by atoms with Gasteiger partial charge in [0.15, 0.2) is 0 Å². The normalized spacial score (nSPS) is 13.1. The van der Waals surface area contributed by atoms with Crippen molar-refractivity contribution in [3.05, 3.63) is 12.2 Å². The predicted molar refractivity (Wildman–Crippen MR) is 278 cm³/mol. The van der Waals surface area contributed by atoms with Crippen LogP contribution in [-0.2, 0) is 14.3 Å². The first-order valence-electron chi connectivity index (χ1n) is 28.9. The number of amides is 1. The number of aliphatic hydroxyl groups excluding tert-OH is 2. The van der Waals surface area contributed by atoms with Gasteiger partial charge in [0.05, 0.1) is 25.2 Å². The van der Waals surface area contributed by atoms with Gasteiger partial charge in [-0.05, 0) is 51.4 Å². The molecule has 0 fully saturated rings. The summed E-state index contributed by atoms with van der Waals surface area (Å²) in [4.78, 5) is 26.3. The summed E-state index contributed by atoms with van der Waals surface area (Å²) in [6.07, 6.45) is 59.9. The molecule has 0 saturated heterocycles. The van der Waals surface area contributed by atoms with Gasteiger partial charge in [-0.15, -0.1) is 0 Å². The van der Waals surface area contributed by atoms with E-state index in [2.05, 4.69) is 38.2 Å². The van der Waals surface area contributed by atoms with E-state index in [0.29, 0.717) is 19.3 Å². The minimum atomic E-state index is -0.786. The highest BCUT2D eigenvalue weighted by Gasteiger charge is 2.24. The number of carbonyl (C=O) groups is 2. The maximum absolute atomic E-state index is 13.2. The summed E-state index contributed by atoms with van der Waals surface area (Å²) >= 11 is 0. The van der Waals surface area contributed by atoms with Gasteiger partial charge in [0.25, 0.3) is 0 Å². The number of rotatable bonds is 53. The van der Waals surface area contributed by atoms with Crippen LogP contribution in [0.1, 0.15) is 323 Å². The number of carbonyl (C=O) groups excluding carboxylic acids is 2. The fraction of sp³-hybridized carbons (Fsp3) is 0.931. The van der Waals surface area contributed by atoms with Crippen molar-refractivity contribution in [2.24, 2.45) is 0 Å². The molecule has 0 aliphatic carbocycles. The van der Waals surface area contributed by atoms with Crippen LogP contribution >= 0.6 is 0 Å². The third kappa shape index (κ3) is 47.1. The maximum atomic E-state index is 13.2. The number of allylic oxidation sites excluding steroid dienone is 2. The van der Waals surface area contributed by atoms with E-state index in [1.54, 1.807) is 0 Å². The molecule has 0 aromatic rings. The van der Waals surface area contributed by atoms with Gasteiger partial charge < -0.3 is 20.3 Å². The second-order valence-electron chi connectivity index (χ2n) is 20.1. The number of ether oxygens (including phenoxy) is 1. The van der Waals surface area contributed by atoms with Crippen LogP contribution in [0.3, 0.4) is 0 Å². The van der Waals surface area contributed by atoms with Crippen LogP contribution in [0, 0.1) is 0 Å². The van der Waals surface area contributed by atoms with Crippen molar-refractivity contribution in [3.63, 3.8) is 0 Å². The molecule has 6 heteroatoms. The zero-order chi connectivity index (χ0) is 46.7. The molecule has 0 heterocycles. The standard InChI is InChI=1S/C58H113NO5/c1-4-7-10-13-16-19-22-25-27-29-31-33-36-39-42-45-48-51-58(63)64-54(49-46-43-40-37-34-32-30-28-26-23-20-17-14-11-8-5-2)52-57(62)59-55(53-60)56(61)50-47-44-41-38-35-24-21-18-15-12-9-6-3/h32,34,54-56,60-61H,4-31,33,35-53H2,1-3H3,(H,59,62)/b34-32+. The van der Waals surface area contributed by atoms with Crippen LogP contribution in [-0.4, -0.2) is 46.9 Å². The average Bonchev–Trinajstić information content (AvgIpc) is 3.29. The molecular formula is C58H113NO5. The zero-order valence-electron chi connectivity index (χ0n) is 43.4. The molecule has 0 radical (unpaired) electrons. The molecule has 0 spiro atoms. The van der Waals surface area contributed by atoms with E-state index in [0.717, 1.165) is 57.8 Å². The summed E-state index contributed by atoms with van der Waals surface area (Å²) in [7, 11) is 0. The Morgan fingerprint density at radius 1 is 0.438 bits per heavy atom. The zero-order valence-corrected chi connectivity index (χ0v) is 43.4. The Morgan fingerprint density at radius 3 is 1.12 bits per heavy atom. The van der Waals surface area contributed by atoms with Gasteiger partial charge >= 0.3 is 5.97 Å². The van der Waals surface area contributed by atoms with Crippen LogP contribution in [0.5, 0.6) is 0 Å². The number of nitrogens with one attached hydrogen (secondary N) is 1. The quantitative estimate of drug-likeness (QED) is 0.0321. The molecule has 380 valence electrons. The van der Waals surface area contributed by atoms with E-state index >= 15 is 0 Å². The topological polar surface area (TPSA) is 95.9 Å². The lowest BCUT2D eigenvalue weighted by molar-refractivity contribution is -0.151. The molecule has 6 nitrogen and oxygen atoms in total. The average molecular weight is 905 g/mol. The highest BCUT2D eigenvalue weighted by Crippen LogP contribution is 2.19. The van der Waals surface area contributed by atoms with E-state index in [-0.39, 0.29) is 24.9 Å². The molecule has 0 aromatic heterocycles. The van der Waals surface area contributed by atoms with E-state index < -0.39 is 18.2 Å². The van der Waals surface area contributed by atoms with E-state index in [1.165, 1.54) is 218 Å². The number of hydrogen-bond acceptors (Lipinski definition) is 5. The lowest BCUT2D eigenvalue weighted by Gasteiger charge is -2.24. The second kappa shape index (κ2) is 52.6. The predicted octanol–water partition coefficient (Wildman–Crippen LogP) is 17.7. The molecule has 0 bridgehead atoms. The van der Waals surface area contributed by atoms with E-state index in [4.69, 9.17) is 4.74 Å². The Bertz CT molecular complexity index is 970. The Labute approximate surface area is 399 Å². The van der Waals surface area contributed by atoms with Crippen molar-refractivity contribution in [2.45, 2.75) is 341 Å². The molecule has 0 aromatic carbocycles. The third-order valence-electron chi connectivity index (χ3n) is 13.6. The smallest absolute Gasteiger partial charge is 0.306 e.